The van der Waals surface area contributed by atoms with Gasteiger partial charge in [0.05, 0.1) is 18.5 Å². The molecule has 0 saturated carbocycles. The zero-order chi connectivity index (χ0) is 19.0. The van der Waals surface area contributed by atoms with Crippen molar-refractivity contribution in [3.05, 3.63) is 59.7 Å². The van der Waals surface area contributed by atoms with Crippen LogP contribution in [0.25, 0.3) is 0 Å². The zero-order valence-corrected chi connectivity index (χ0v) is 14.9. The summed E-state index contributed by atoms with van der Waals surface area (Å²) in [6.07, 6.45) is 0.892. The molecule has 2 heterocycles. The highest BCUT2D eigenvalue weighted by atomic mass is 16.5. The number of benzene rings is 2. The SMILES string of the molecule is CC(=O)Oc1ccc(C(=O)N2CCC3(CC(=O)c4ccccc4O3)C2)cc1. The minimum absolute atomic E-state index is 0.0527. The summed E-state index contributed by atoms with van der Waals surface area (Å²) in [5, 5.41) is 0. The van der Waals surface area contributed by atoms with E-state index in [1.165, 1.54) is 6.92 Å². The normalized spacial score (nSPS) is 20.9. The first-order chi connectivity index (χ1) is 13.0. The highest BCUT2D eigenvalue weighted by molar-refractivity contribution is 6.00. The number of carbonyl (C=O) groups is 3. The molecule has 1 unspecified atom stereocenters. The molecule has 0 aromatic heterocycles. The maximum Gasteiger partial charge on any atom is 0.308 e. The third-order valence-corrected chi connectivity index (χ3v) is 4.96. The van der Waals surface area contributed by atoms with Gasteiger partial charge in [-0.05, 0) is 36.4 Å². The molecule has 2 aliphatic rings. The second-order valence-electron chi connectivity index (χ2n) is 6.98. The Bertz CT molecular complexity index is 920. The number of hydrogen-bond donors (Lipinski definition) is 0. The first-order valence-corrected chi connectivity index (χ1v) is 8.85. The number of fused-ring (bicyclic) bond motifs is 1. The number of amides is 1. The van der Waals surface area contributed by atoms with E-state index in [0.717, 1.165) is 0 Å². The summed E-state index contributed by atoms with van der Waals surface area (Å²) < 4.78 is 11.1. The van der Waals surface area contributed by atoms with Crippen LogP contribution in [0.15, 0.2) is 48.5 Å². The molecule has 6 heteroatoms. The van der Waals surface area contributed by atoms with E-state index in [9.17, 15) is 14.4 Å². The van der Waals surface area contributed by atoms with E-state index in [0.29, 0.717) is 42.1 Å². The Labute approximate surface area is 156 Å². The van der Waals surface area contributed by atoms with Crippen molar-refractivity contribution in [1.29, 1.82) is 0 Å². The third kappa shape index (κ3) is 3.30. The van der Waals surface area contributed by atoms with Gasteiger partial charge < -0.3 is 14.4 Å². The Morgan fingerprint density at radius 2 is 1.85 bits per heavy atom. The van der Waals surface area contributed by atoms with Crippen molar-refractivity contribution in [1.82, 2.24) is 4.90 Å². The number of esters is 1. The van der Waals surface area contributed by atoms with Gasteiger partial charge in [-0.3, -0.25) is 14.4 Å². The van der Waals surface area contributed by atoms with E-state index in [1.807, 2.05) is 12.1 Å². The molecule has 2 aliphatic heterocycles. The lowest BCUT2D eigenvalue weighted by molar-refractivity contribution is -0.131. The van der Waals surface area contributed by atoms with Gasteiger partial charge in [-0.2, -0.15) is 0 Å². The first-order valence-electron chi connectivity index (χ1n) is 8.85. The number of hydrogen-bond acceptors (Lipinski definition) is 5. The van der Waals surface area contributed by atoms with Crippen LogP contribution in [0.4, 0.5) is 0 Å². The third-order valence-electron chi connectivity index (χ3n) is 4.96. The largest absolute Gasteiger partial charge is 0.484 e. The van der Waals surface area contributed by atoms with Crippen LogP contribution in [0, 0.1) is 0 Å². The molecule has 1 saturated heterocycles. The molecule has 1 spiro atoms. The van der Waals surface area contributed by atoms with Crippen molar-refractivity contribution in [2.75, 3.05) is 13.1 Å². The lowest BCUT2D eigenvalue weighted by atomic mass is 9.89. The predicted molar refractivity (Wildman–Crippen MR) is 97.0 cm³/mol. The van der Waals surface area contributed by atoms with E-state index in [1.54, 1.807) is 41.3 Å². The van der Waals surface area contributed by atoms with Crippen LogP contribution in [-0.4, -0.2) is 41.3 Å². The lowest BCUT2D eigenvalue weighted by Gasteiger charge is -2.34. The van der Waals surface area contributed by atoms with Crippen molar-refractivity contribution in [2.24, 2.45) is 0 Å². The average Bonchev–Trinajstić information content (AvgIpc) is 3.04. The van der Waals surface area contributed by atoms with Crippen molar-refractivity contribution >= 4 is 17.7 Å². The van der Waals surface area contributed by atoms with Crippen LogP contribution >= 0.6 is 0 Å². The number of carbonyl (C=O) groups excluding carboxylic acids is 3. The van der Waals surface area contributed by atoms with Crippen LogP contribution in [0.3, 0.4) is 0 Å². The zero-order valence-electron chi connectivity index (χ0n) is 14.9. The minimum atomic E-state index is -0.654. The van der Waals surface area contributed by atoms with Gasteiger partial charge in [0.25, 0.3) is 5.91 Å². The van der Waals surface area contributed by atoms with Gasteiger partial charge in [-0.1, -0.05) is 12.1 Å². The Kier molecular flexibility index (Phi) is 4.18. The summed E-state index contributed by atoms with van der Waals surface area (Å²) >= 11 is 0. The molecule has 0 N–H and O–H groups in total. The number of rotatable bonds is 2. The van der Waals surface area contributed by atoms with Gasteiger partial charge in [-0.15, -0.1) is 0 Å². The Morgan fingerprint density at radius 1 is 1.11 bits per heavy atom. The molecule has 2 aromatic carbocycles. The van der Waals surface area contributed by atoms with Crippen LogP contribution in [0.1, 0.15) is 40.5 Å². The maximum atomic E-state index is 12.8. The molecule has 1 amide bonds. The Morgan fingerprint density at radius 3 is 2.59 bits per heavy atom. The van der Waals surface area contributed by atoms with Crippen molar-refractivity contribution in [3.63, 3.8) is 0 Å². The van der Waals surface area contributed by atoms with Crippen molar-refractivity contribution in [3.8, 4) is 11.5 Å². The fourth-order valence-corrected chi connectivity index (χ4v) is 3.70. The predicted octanol–water partition coefficient (Wildman–Crippen LogP) is 2.86. The van der Waals surface area contributed by atoms with Gasteiger partial charge in [0.2, 0.25) is 0 Å². The summed E-state index contributed by atoms with van der Waals surface area (Å²) in [5.41, 5.74) is 0.457. The molecule has 138 valence electrons. The number of likely N-dealkylation sites (tertiary alicyclic amines) is 1. The van der Waals surface area contributed by atoms with Crippen LogP contribution in [0.5, 0.6) is 11.5 Å². The molecule has 2 aromatic rings. The summed E-state index contributed by atoms with van der Waals surface area (Å²) in [7, 11) is 0. The Hall–Kier alpha value is -3.15. The topological polar surface area (TPSA) is 72.9 Å². The molecule has 1 fully saturated rings. The van der Waals surface area contributed by atoms with Gasteiger partial charge in [-0.25, -0.2) is 0 Å². The van der Waals surface area contributed by atoms with Crippen molar-refractivity contribution in [2.45, 2.75) is 25.4 Å². The molecular weight excluding hydrogens is 346 g/mol. The number of ketones is 1. The maximum absolute atomic E-state index is 12.8. The molecule has 0 radical (unpaired) electrons. The van der Waals surface area contributed by atoms with Crippen LogP contribution in [-0.2, 0) is 4.79 Å². The summed E-state index contributed by atoms with van der Waals surface area (Å²) in [5.74, 6) is 0.506. The van der Waals surface area contributed by atoms with E-state index >= 15 is 0 Å². The number of para-hydroxylation sites is 1. The molecular formula is C21H19NO5. The summed E-state index contributed by atoms with van der Waals surface area (Å²) in [4.78, 5) is 38.0. The molecule has 27 heavy (non-hydrogen) atoms. The molecule has 1 atom stereocenters. The number of nitrogens with zero attached hydrogens (tertiary/aromatic N) is 1. The molecule has 0 bridgehead atoms. The van der Waals surface area contributed by atoms with Gasteiger partial charge in [0.1, 0.15) is 17.1 Å². The van der Waals surface area contributed by atoms with Crippen LogP contribution in [0.2, 0.25) is 0 Å². The monoisotopic (exact) mass is 365 g/mol. The highest BCUT2D eigenvalue weighted by Crippen LogP contribution is 2.38. The average molecular weight is 365 g/mol. The van der Waals surface area contributed by atoms with Crippen LogP contribution < -0.4 is 9.47 Å². The molecule has 6 nitrogen and oxygen atoms in total. The van der Waals surface area contributed by atoms with Gasteiger partial charge >= 0.3 is 5.97 Å². The fourth-order valence-electron chi connectivity index (χ4n) is 3.70. The smallest absolute Gasteiger partial charge is 0.308 e. The second kappa shape index (κ2) is 6.54. The lowest BCUT2D eigenvalue weighted by Crippen LogP contribution is -2.45. The first kappa shape index (κ1) is 17.3. The highest BCUT2D eigenvalue weighted by Gasteiger charge is 2.46. The number of Topliss-reactive ketones (excluding diaryl/α,β-unsaturated/α-hetero) is 1. The van der Waals surface area contributed by atoms with E-state index < -0.39 is 11.6 Å². The van der Waals surface area contributed by atoms with E-state index in [2.05, 4.69) is 0 Å². The number of ether oxygens (including phenoxy) is 2. The fraction of sp³-hybridized carbons (Fsp3) is 0.286. The van der Waals surface area contributed by atoms with Crippen molar-refractivity contribution < 1.29 is 23.9 Å². The standard InChI is InChI=1S/C21H19NO5/c1-14(23)26-16-8-6-15(7-9-16)20(25)22-11-10-21(13-22)12-18(24)17-4-2-3-5-19(17)27-21/h2-9H,10-13H2,1H3. The van der Waals surface area contributed by atoms with E-state index in [4.69, 9.17) is 9.47 Å². The Balaban J connectivity index is 1.49. The summed E-state index contributed by atoms with van der Waals surface area (Å²) in [6.45, 7) is 2.23. The van der Waals surface area contributed by atoms with E-state index in [-0.39, 0.29) is 18.1 Å². The molecule has 0 aliphatic carbocycles. The second-order valence-corrected chi connectivity index (χ2v) is 6.98. The van der Waals surface area contributed by atoms with Gasteiger partial charge in [0.15, 0.2) is 5.78 Å². The molecule has 4 rings (SSSR count). The minimum Gasteiger partial charge on any atom is -0.484 e. The quantitative estimate of drug-likeness (QED) is 0.604. The van der Waals surface area contributed by atoms with Gasteiger partial charge in [0, 0.05) is 25.5 Å². The summed E-state index contributed by atoms with van der Waals surface area (Å²) in [6, 6.07) is 13.7.